The van der Waals surface area contributed by atoms with Crippen LogP contribution >= 0.6 is 15.9 Å². The summed E-state index contributed by atoms with van der Waals surface area (Å²) in [4.78, 5) is 24.0. The first-order chi connectivity index (χ1) is 9.10. The van der Waals surface area contributed by atoms with Crippen LogP contribution in [0.2, 0.25) is 0 Å². The third kappa shape index (κ3) is 3.74. The van der Waals surface area contributed by atoms with Gasteiger partial charge in [-0.25, -0.2) is 0 Å². The second kappa shape index (κ2) is 6.44. The molecule has 0 heterocycles. The fourth-order valence-corrected chi connectivity index (χ4v) is 2.73. The van der Waals surface area contributed by atoms with Gasteiger partial charge in [-0.2, -0.15) is 0 Å². The summed E-state index contributed by atoms with van der Waals surface area (Å²) in [6.45, 7) is 0. The van der Waals surface area contributed by atoms with E-state index in [0.29, 0.717) is 24.8 Å². The number of benzene rings is 1. The first kappa shape index (κ1) is 14.4. The van der Waals surface area contributed by atoms with E-state index in [0.717, 1.165) is 10.9 Å². The molecule has 0 radical (unpaired) electrons. The first-order valence-corrected chi connectivity index (χ1v) is 7.23. The van der Waals surface area contributed by atoms with E-state index in [9.17, 15) is 9.59 Å². The summed E-state index contributed by atoms with van der Waals surface area (Å²) in [7, 11) is 1.66. The van der Waals surface area contributed by atoms with Gasteiger partial charge < -0.3 is 4.74 Å². The van der Waals surface area contributed by atoms with Gasteiger partial charge in [0.25, 0.3) is 0 Å². The molecule has 1 aliphatic carbocycles. The van der Waals surface area contributed by atoms with Crippen LogP contribution in [0.3, 0.4) is 0 Å². The molecule has 102 valence electrons. The van der Waals surface area contributed by atoms with Crippen LogP contribution in [0, 0.1) is 5.92 Å². The fraction of sp³-hybridized carbons (Fsp3) is 0.467. The van der Waals surface area contributed by atoms with Crippen molar-refractivity contribution in [2.75, 3.05) is 7.11 Å². The zero-order valence-corrected chi connectivity index (χ0v) is 12.5. The summed E-state index contributed by atoms with van der Waals surface area (Å²) in [6.07, 6.45) is 2.37. The lowest BCUT2D eigenvalue weighted by Crippen LogP contribution is -2.30. The van der Waals surface area contributed by atoms with Gasteiger partial charge in [0.15, 0.2) is 5.78 Å². The Morgan fingerprint density at radius 2 is 2.05 bits per heavy atom. The number of hydrogen-bond donors (Lipinski definition) is 0. The molecule has 0 N–H and O–H groups in total. The maximum atomic E-state index is 12.2. The van der Waals surface area contributed by atoms with Crippen LogP contribution in [0.5, 0.6) is 0 Å². The predicted octanol–water partition coefficient (Wildman–Crippen LogP) is 3.41. The molecule has 2 atom stereocenters. The zero-order valence-electron chi connectivity index (χ0n) is 10.9. The van der Waals surface area contributed by atoms with Crippen molar-refractivity contribution in [1.82, 2.24) is 0 Å². The highest BCUT2D eigenvalue weighted by Gasteiger charge is 2.30. The number of carbonyl (C=O) groups is 2. The van der Waals surface area contributed by atoms with Crippen molar-refractivity contribution >= 4 is 27.5 Å². The van der Waals surface area contributed by atoms with Gasteiger partial charge in [0.1, 0.15) is 5.78 Å². The van der Waals surface area contributed by atoms with Gasteiger partial charge in [0.05, 0.1) is 6.10 Å². The van der Waals surface area contributed by atoms with Gasteiger partial charge in [-0.15, -0.1) is 0 Å². The fourth-order valence-electron chi connectivity index (χ4n) is 2.46. The first-order valence-electron chi connectivity index (χ1n) is 6.44. The number of methoxy groups -OCH3 is 1. The normalized spacial score (nSPS) is 23.4. The van der Waals surface area contributed by atoms with Gasteiger partial charge in [-0.3, -0.25) is 9.59 Å². The number of Topliss-reactive ketones (excluding diaryl/α,β-unsaturated/α-hetero) is 2. The topological polar surface area (TPSA) is 43.4 Å². The van der Waals surface area contributed by atoms with E-state index < -0.39 is 0 Å². The van der Waals surface area contributed by atoms with E-state index in [1.807, 2.05) is 12.1 Å². The Labute approximate surface area is 121 Å². The maximum Gasteiger partial charge on any atom is 0.163 e. The highest BCUT2D eigenvalue weighted by molar-refractivity contribution is 9.10. The third-order valence-corrected chi connectivity index (χ3v) is 4.18. The Morgan fingerprint density at radius 1 is 1.37 bits per heavy atom. The molecule has 2 rings (SSSR count). The number of halogens is 1. The molecule has 2 unspecified atom stereocenters. The monoisotopic (exact) mass is 324 g/mol. The van der Waals surface area contributed by atoms with E-state index >= 15 is 0 Å². The molecule has 1 aliphatic rings. The summed E-state index contributed by atoms with van der Waals surface area (Å²) >= 11 is 3.34. The quantitative estimate of drug-likeness (QED) is 0.797. The molecule has 0 saturated heterocycles. The Bertz CT molecular complexity index is 467. The summed E-state index contributed by atoms with van der Waals surface area (Å²) in [5.41, 5.74) is 0.663. The predicted molar refractivity (Wildman–Crippen MR) is 76.2 cm³/mol. The molecule has 0 bridgehead atoms. The van der Waals surface area contributed by atoms with E-state index in [1.54, 1.807) is 19.2 Å². The molecule has 4 heteroatoms. The van der Waals surface area contributed by atoms with E-state index in [1.165, 1.54) is 0 Å². The standard InChI is InChI=1S/C15H17BrO3/c1-19-13-6-7-14(17)11(8-13)9-15(18)10-2-4-12(16)5-3-10/h2-5,11,13H,6-9H2,1H3. The van der Waals surface area contributed by atoms with Crippen LogP contribution in [0.1, 0.15) is 36.0 Å². The molecule has 1 aromatic carbocycles. The van der Waals surface area contributed by atoms with Gasteiger partial charge in [-0.1, -0.05) is 28.1 Å². The van der Waals surface area contributed by atoms with E-state index in [2.05, 4.69) is 15.9 Å². The van der Waals surface area contributed by atoms with Crippen LogP contribution in [-0.2, 0) is 9.53 Å². The molecule has 0 spiro atoms. The molecule has 19 heavy (non-hydrogen) atoms. The van der Waals surface area contributed by atoms with Crippen molar-refractivity contribution in [2.45, 2.75) is 31.8 Å². The van der Waals surface area contributed by atoms with Crippen LogP contribution in [0.4, 0.5) is 0 Å². The molecule has 0 aliphatic heterocycles. The molecular weight excluding hydrogens is 308 g/mol. The average molecular weight is 325 g/mol. The van der Waals surface area contributed by atoms with Crippen molar-refractivity contribution < 1.29 is 14.3 Å². The molecule has 0 amide bonds. The van der Waals surface area contributed by atoms with Gasteiger partial charge in [0, 0.05) is 35.9 Å². The molecule has 0 aromatic heterocycles. The highest BCUT2D eigenvalue weighted by Crippen LogP contribution is 2.27. The second-order valence-corrected chi connectivity index (χ2v) is 5.85. The minimum atomic E-state index is -0.185. The van der Waals surface area contributed by atoms with Gasteiger partial charge in [0.2, 0.25) is 0 Å². The third-order valence-electron chi connectivity index (χ3n) is 3.65. The van der Waals surface area contributed by atoms with Crippen molar-refractivity contribution in [1.29, 1.82) is 0 Å². The molecule has 1 fully saturated rings. The Kier molecular flexibility index (Phi) is 4.88. The number of hydrogen-bond acceptors (Lipinski definition) is 3. The maximum absolute atomic E-state index is 12.2. The summed E-state index contributed by atoms with van der Waals surface area (Å²) < 4.78 is 6.24. The molecule has 1 aromatic rings. The van der Waals surface area contributed by atoms with Crippen LogP contribution < -0.4 is 0 Å². The summed E-state index contributed by atoms with van der Waals surface area (Å²) in [5.74, 6) is 0.0382. The Balaban J connectivity index is 2.01. The number of rotatable bonds is 4. The minimum Gasteiger partial charge on any atom is -0.381 e. The number of ether oxygens (including phenoxy) is 1. The van der Waals surface area contributed by atoms with Crippen molar-refractivity contribution in [3.8, 4) is 0 Å². The lowest BCUT2D eigenvalue weighted by Gasteiger charge is -2.26. The largest absolute Gasteiger partial charge is 0.381 e. The molecular formula is C15H17BrO3. The van der Waals surface area contributed by atoms with E-state index in [4.69, 9.17) is 4.74 Å². The zero-order chi connectivity index (χ0) is 13.8. The minimum absolute atomic E-state index is 0.0302. The van der Waals surface area contributed by atoms with Crippen molar-refractivity contribution in [3.63, 3.8) is 0 Å². The lowest BCUT2D eigenvalue weighted by atomic mass is 9.82. The molecule has 1 saturated carbocycles. The van der Waals surface area contributed by atoms with Gasteiger partial charge >= 0.3 is 0 Å². The Morgan fingerprint density at radius 3 is 2.68 bits per heavy atom. The smallest absolute Gasteiger partial charge is 0.163 e. The van der Waals surface area contributed by atoms with Crippen molar-refractivity contribution in [2.24, 2.45) is 5.92 Å². The summed E-state index contributed by atoms with van der Waals surface area (Å²) in [6, 6.07) is 7.25. The van der Waals surface area contributed by atoms with Crippen molar-refractivity contribution in [3.05, 3.63) is 34.3 Å². The van der Waals surface area contributed by atoms with Crippen LogP contribution in [-0.4, -0.2) is 24.8 Å². The number of carbonyl (C=O) groups excluding carboxylic acids is 2. The Hall–Kier alpha value is -1.000. The SMILES string of the molecule is COC1CCC(=O)C(CC(=O)c2ccc(Br)cc2)C1. The van der Waals surface area contributed by atoms with Crippen LogP contribution in [0.15, 0.2) is 28.7 Å². The van der Waals surface area contributed by atoms with Crippen LogP contribution in [0.25, 0.3) is 0 Å². The lowest BCUT2D eigenvalue weighted by molar-refractivity contribution is -0.127. The van der Waals surface area contributed by atoms with E-state index in [-0.39, 0.29) is 23.6 Å². The molecule has 3 nitrogen and oxygen atoms in total. The second-order valence-electron chi connectivity index (χ2n) is 4.93. The number of ketones is 2. The average Bonchev–Trinajstić information content (AvgIpc) is 2.42. The highest BCUT2D eigenvalue weighted by atomic mass is 79.9. The summed E-state index contributed by atoms with van der Waals surface area (Å²) in [5, 5.41) is 0. The van der Waals surface area contributed by atoms with Gasteiger partial charge in [-0.05, 0) is 25.0 Å².